The summed E-state index contributed by atoms with van der Waals surface area (Å²) in [5.74, 6) is -2.53. The molecule has 29 heavy (non-hydrogen) atoms. The highest BCUT2D eigenvalue weighted by Crippen LogP contribution is 2.48. The van der Waals surface area contributed by atoms with Gasteiger partial charge in [0.15, 0.2) is 0 Å². The van der Waals surface area contributed by atoms with Gasteiger partial charge < -0.3 is 10.2 Å². The minimum absolute atomic E-state index is 0.0125. The third-order valence-electron chi connectivity index (χ3n) is 3.80. The summed E-state index contributed by atoms with van der Waals surface area (Å²) in [4.78, 5) is 0. The van der Waals surface area contributed by atoms with Crippen LogP contribution in [0, 0.1) is 0 Å². The minimum atomic E-state index is -7.10. The molecule has 7 nitrogen and oxygen atoms in total. The summed E-state index contributed by atoms with van der Waals surface area (Å²) in [6.07, 6.45) is -19.8. The molecule has 1 aliphatic rings. The molecular weight excluding hydrogens is 457 g/mol. The lowest BCUT2D eigenvalue weighted by molar-refractivity contribution is -0.476. The maximum absolute atomic E-state index is 13.7. The first-order valence-electron chi connectivity index (χ1n) is 7.35. The molecule has 0 aromatic carbocycles. The van der Waals surface area contributed by atoms with Crippen LogP contribution in [0.3, 0.4) is 0 Å². The summed E-state index contributed by atoms with van der Waals surface area (Å²) in [7, 11) is -7.10. The molecule has 2 N–H and O–H groups in total. The van der Waals surface area contributed by atoms with Crippen LogP contribution in [0.2, 0.25) is 0 Å². The smallest absolute Gasteiger partial charge is 0.483 e. The average molecular weight is 467 g/mol. The van der Waals surface area contributed by atoms with E-state index in [1.807, 2.05) is 0 Å². The maximum atomic E-state index is 13.7. The SMILES string of the molecule is O=S(=O)(On1c(O)c2c(c1O)CCCC2)C(F)(F)C(F)(F)OC(F)(F)C(F)(F)F. The molecule has 0 aliphatic heterocycles. The van der Waals surface area contributed by atoms with Gasteiger partial charge in [0.05, 0.1) is 0 Å². The Labute approximate surface area is 155 Å². The number of aromatic nitrogens is 1. The number of aromatic hydroxyl groups is 2. The largest absolute Gasteiger partial charge is 0.492 e. The Kier molecular flexibility index (Phi) is 5.41. The first-order chi connectivity index (χ1) is 12.9. The van der Waals surface area contributed by atoms with E-state index in [4.69, 9.17) is 0 Å². The number of ether oxygens (including phenoxy) is 1. The van der Waals surface area contributed by atoms with Crippen LogP contribution >= 0.6 is 0 Å². The van der Waals surface area contributed by atoms with Gasteiger partial charge in [0.25, 0.3) is 0 Å². The molecule has 2 rings (SSSR count). The number of alkyl halides is 9. The lowest BCUT2D eigenvalue weighted by Gasteiger charge is -2.29. The Bertz CT molecular complexity index is 863. The van der Waals surface area contributed by atoms with Gasteiger partial charge >= 0.3 is 33.8 Å². The topological polar surface area (TPSA) is 98.0 Å². The summed E-state index contributed by atoms with van der Waals surface area (Å²) in [5.41, 5.74) is -0.308. The summed E-state index contributed by atoms with van der Waals surface area (Å²) in [5, 5.41) is 12.7. The van der Waals surface area contributed by atoms with E-state index in [0.717, 1.165) is 0 Å². The molecule has 1 heterocycles. The molecule has 17 heteroatoms. The van der Waals surface area contributed by atoms with E-state index in [1.54, 1.807) is 4.74 Å². The Balaban J connectivity index is 2.41. The zero-order valence-corrected chi connectivity index (χ0v) is 14.4. The van der Waals surface area contributed by atoms with Crippen LogP contribution in [0.5, 0.6) is 11.8 Å². The molecule has 168 valence electrons. The molecule has 0 fully saturated rings. The first kappa shape index (κ1) is 23.2. The van der Waals surface area contributed by atoms with Crippen LogP contribution in [0.15, 0.2) is 0 Å². The van der Waals surface area contributed by atoms with Crippen molar-refractivity contribution in [3.05, 3.63) is 11.1 Å². The van der Waals surface area contributed by atoms with Gasteiger partial charge in [-0.05, 0) is 25.7 Å². The zero-order chi connectivity index (χ0) is 22.6. The van der Waals surface area contributed by atoms with Gasteiger partial charge in [-0.1, -0.05) is 4.73 Å². The van der Waals surface area contributed by atoms with Crippen molar-refractivity contribution in [1.82, 2.24) is 4.73 Å². The molecule has 1 aromatic heterocycles. The van der Waals surface area contributed by atoms with Crippen LogP contribution in [-0.2, 0) is 27.7 Å². The second-order valence-electron chi connectivity index (χ2n) is 5.78. The molecule has 0 amide bonds. The summed E-state index contributed by atoms with van der Waals surface area (Å²) in [6, 6.07) is 0. The molecule has 0 saturated carbocycles. The third-order valence-corrected chi connectivity index (χ3v) is 5.02. The normalized spacial score (nSPS) is 16.6. The number of fused-ring (bicyclic) bond motifs is 1. The van der Waals surface area contributed by atoms with Gasteiger partial charge in [0, 0.05) is 11.1 Å². The summed E-state index contributed by atoms with van der Waals surface area (Å²) in [6.45, 7) is 0. The molecule has 0 unspecified atom stereocenters. The fourth-order valence-electron chi connectivity index (χ4n) is 2.38. The van der Waals surface area contributed by atoms with E-state index in [-0.39, 0.29) is 24.0 Å². The van der Waals surface area contributed by atoms with E-state index in [1.165, 1.54) is 0 Å². The Morgan fingerprint density at radius 3 is 1.59 bits per heavy atom. The van der Waals surface area contributed by atoms with Crippen LogP contribution in [-0.4, -0.2) is 47.0 Å². The molecule has 0 radical (unpaired) electrons. The van der Waals surface area contributed by atoms with Crippen molar-refractivity contribution in [3.63, 3.8) is 0 Å². The van der Waals surface area contributed by atoms with Gasteiger partial charge in [0.1, 0.15) is 0 Å². The van der Waals surface area contributed by atoms with Crippen molar-refractivity contribution < 1.29 is 67.2 Å². The van der Waals surface area contributed by atoms with Gasteiger partial charge in [-0.25, -0.2) is 4.74 Å². The minimum Gasteiger partial charge on any atom is -0.492 e. The number of nitrogens with zero attached hydrogens (tertiary/aromatic N) is 1. The predicted octanol–water partition coefficient (Wildman–Crippen LogP) is 2.89. The van der Waals surface area contributed by atoms with E-state index in [2.05, 4.69) is 4.28 Å². The molecule has 0 bridgehead atoms. The van der Waals surface area contributed by atoms with Crippen molar-refractivity contribution in [2.45, 2.75) is 49.3 Å². The fourth-order valence-corrected chi connectivity index (χ4v) is 3.15. The highest BCUT2D eigenvalue weighted by molar-refractivity contribution is 7.88. The van der Waals surface area contributed by atoms with Crippen LogP contribution in [0.4, 0.5) is 39.5 Å². The molecule has 1 aromatic rings. The molecule has 1 aliphatic carbocycles. The van der Waals surface area contributed by atoms with E-state index in [9.17, 15) is 58.1 Å². The Morgan fingerprint density at radius 1 is 0.793 bits per heavy atom. The number of hydrogen-bond donors (Lipinski definition) is 2. The zero-order valence-electron chi connectivity index (χ0n) is 13.6. The number of hydrogen-bond acceptors (Lipinski definition) is 6. The first-order valence-corrected chi connectivity index (χ1v) is 8.76. The molecule has 0 saturated heterocycles. The van der Waals surface area contributed by atoms with Crippen LogP contribution in [0.1, 0.15) is 24.0 Å². The number of rotatable bonds is 6. The fraction of sp³-hybridized carbons (Fsp3) is 0.667. The van der Waals surface area contributed by atoms with Crippen LogP contribution in [0.25, 0.3) is 0 Å². The summed E-state index contributed by atoms with van der Waals surface area (Å²) >= 11 is 0. The summed E-state index contributed by atoms with van der Waals surface area (Å²) < 4.78 is 143. The van der Waals surface area contributed by atoms with Crippen molar-refractivity contribution in [2.24, 2.45) is 0 Å². The average Bonchev–Trinajstić information content (AvgIpc) is 2.78. The Hall–Kier alpha value is -2.04. The predicted molar refractivity (Wildman–Crippen MR) is 71.9 cm³/mol. The van der Waals surface area contributed by atoms with E-state index >= 15 is 0 Å². The third kappa shape index (κ3) is 3.76. The molecule has 0 spiro atoms. The van der Waals surface area contributed by atoms with Crippen molar-refractivity contribution in [1.29, 1.82) is 0 Å². The van der Waals surface area contributed by atoms with Crippen molar-refractivity contribution in [2.75, 3.05) is 0 Å². The monoisotopic (exact) mass is 467 g/mol. The van der Waals surface area contributed by atoms with Crippen molar-refractivity contribution >= 4 is 10.1 Å². The molecular formula is C12H10F9NO6S. The van der Waals surface area contributed by atoms with Gasteiger partial charge in [0.2, 0.25) is 11.8 Å². The molecule has 0 atom stereocenters. The van der Waals surface area contributed by atoms with Gasteiger partial charge in [-0.15, -0.1) is 0 Å². The lowest BCUT2D eigenvalue weighted by Crippen LogP contribution is -2.56. The lowest BCUT2D eigenvalue weighted by atomic mass is 9.95. The second-order valence-corrected chi connectivity index (χ2v) is 7.35. The highest BCUT2D eigenvalue weighted by atomic mass is 32.2. The maximum Gasteiger partial charge on any atom is 0.483 e. The van der Waals surface area contributed by atoms with Crippen molar-refractivity contribution in [3.8, 4) is 11.8 Å². The quantitative estimate of drug-likeness (QED) is 0.625. The van der Waals surface area contributed by atoms with Crippen LogP contribution < -0.4 is 4.28 Å². The van der Waals surface area contributed by atoms with E-state index < -0.39 is 50.3 Å². The highest BCUT2D eigenvalue weighted by Gasteiger charge is 2.76. The second kappa shape index (κ2) is 6.75. The van der Waals surface area contributed by atoms with Gasteiger partial charge in [-0.3, -0.25) is 4.28 Å². The van der Waals surface area contributed by atoms with Gasteiger partial charge in [-0.2, -0.15) is 47.9 Å². The van der Waals surface area contributed by atoms with E-state index in [0.29, 0.717) is 12.8 Å². The standard InChI is InChI=1S/C12H10F9NO6S/c13-9(14,15)10(16,17)27-11(18,19)12(20,21)29(25,26)28-22-7(23)5-3-1-2-4-6(5)8(22)24/h23-24H,1-4H2. The number of halogens is 9. The Morgan fingerprint density at radius 2 is 1.21 bits per heavy atom.